The normalized spacial score (nSPS) is 12.6. The third kappa shape index (κ3) is 4.96. The Bertz CT molecular complexity index is 335. The highest BCUT2D eigenvalue weighted by Crippen LogP contribution is 2.19. The first kappa shape index (κ1) is 14.8. The van der Waals surface area contributed by atoms with Crippen LogP contribution in [0.25, 0.3) is 0 Å². The molecule has 0 fully saturated rings. The van der Waals surface area contributed by atoms with Gasteiger partial charge in [0.2, 0.25) is 0 Å². The SMILES string of the molecule is CCN(C)c1ccc(OC(C)OCC(C)C)cc1. The minimum Gasteiger partial charge on any atom is -0.465 e. The highest BCUT2D eigenvalue weighted by atomic mass is 16.7. The summed E-state index contributed by atoms with van der Waals surface area (Å²) in [7, 11) is 2.07. The molecule has 1 rings (SSSR count). The first-order chi connectivity index (χ1) is 8.52. The Hall–Kier alpha value is -1.22. The van der Waals surface area contributed by atoms with Crippen LogP contribution >= 0.6 is 0 Å². The van der Waals surface area contributed by atoms with Gasteiger partial charge in [0.1, 0.15) is 5.75 Å². The lowest BCUT2D eigenvalue weighted by Crippen LogP contribution is -2.19. The van der Waals surface area contributed by atoms with Gasteiger partial charge < -0.3 is 14.4 Å². The van der Waals surface area contributed by atoms with E-state index >= 15 is 0 Å². The molecule has 18 heavy (non-hydrogen) atoms. The van der Waals surface area contributed by atoms with Gasteiger partial charge in [0.05, 0.1) is 6.61 Å². The van der Waals surface area contributed by atoms with Crippen LogP contribution < -0.4 is 9.64 Å². The molecule has 0 amide bonds. The lowest BCUT2D eigenvalue weighted by molar-refractivity contribution is -0.0755. The number of anilines is 1. The van der Waals surface area contributed by atoms with Crippen molar-refractivity contribution >= 4 is 5.69 Å². The summed E-state index contributed by atoms with van der Waals surface area (Å²) in [5.74, 6) is 1.37. The smallest absolute Gasteiger partial charge is 0.196 e. The zero-order valence-corrected chi connectivity index (χ0v) is 12.1. The highest BCUT2D eigenvalue weighted by Gasteiger charge is 2.06. The van der Waals surface area contributed by atoms with E-state index in [1.165, 1.54) is 5.69 Å². The molecule has 0 aliphatic carbocycles. The van der Waals surface area contributed by atoms with Gasteiger partial charge in [-0.2, -0.15) is 0 Å². The molecule has 0 saturated carbocycles. The van der Waals surface area contributed by atoms with Crippen molar-refractivity contribution < 1.29 is 9.47 Å². The summed E-state index contributed by atoms with van der Waals surface area (Å²) in [6.45, 7) is 10.0. The van der Waals surface area contributed by atoms with Crippen LogP contribution in [0, 0.1) is 5.92 Å². The van der Waals surface area contributed by atoms with Gasteiger partial charge in [-0.1, -0.05) is 13.8 Å². The lowest BCUT2D eigenvalue weighted by Gasteiger charge is -2.19. The van der Waals surface area contributed by atoms with Gasteiger partial charge in [-0.25, -0.2) is 0 Å². The molecule has 0 aromatic heterocycles. The van der Waals surface area contributed by atoms with Gasteiger partial charge in [0, 0.05) is 19.3 Å². The summed E-state index contributed by atoms with van der Waals surface area (Å²) in [5, 5.41) is 0. The zero-order chi connectivity index (χ0) is 13.5. The molecule has 0 bridgehead atoms. The fraction of sp³-hybridized carbons (Fsp3) is 0.600. The second-order valence-corrected chi connectivity index (χ2v) is 4.92. The molecule has 3 heteroatoms. The topological polar surface area (TPSA) is 21.7 Å². The zero-order valence-electron chi connectivity index (χ0n) is 12.1. The van der Waals surface area contributed by atoms with Gasteiger partial charge in [-0.3, -0.25) is 0 Å². The summed E-state index contributed by atoms with van der Waals surface area (Å²) in [6, 6.07) is 8.09. The lowest BCUT2D eigenvalue weighted by atomic mass is 10.2. The van der Waals surface area contributed by atoms with Crippen molar-refractivity contribution in [2.45, 2.75) is 34.0 Å². The van der Waals surface area contributed by atoms with Crippen LogP contribution in [0.5, 0.6) is 5.75 Å². The molecule has 3 nitrogen and oxygen atoms in total. The predicted octanol–water partition coefficient (Wildman–Crippen LogP) is 3.54. The summed E-state index contributed by atoms with van der Waals surface area (Å²) in [4.78, 5) is 2.18. The molecule has 0 heterocycles. The number of hydrogen-bond donors (Lipinski definition) is 0. The van der Waals surface area contributed by atoms with Crippen LogP contribution in [-0.4, -0.2) is 26.5 Å². The maximum atomic E-state index is 5.69. The van der Waals surface area contributed by atoms with E-state index in [4.69, 9.17) is 9.47 Å². The Morgan fingerprint density at radius 2 is 1.72 bits per heavy atom. The summed E-state index contributed by atoms with van der Waals surface area (Å²) < 4.78 is 11.3. The average molecular weight is 251 g/mol. The van der Waals surface area contributed by atoms with Crippen LogP contribution in [0.4, 0.5) is 5.69 Å². The van der Waals surface area contributed by atoms with Crippen molar-refractivity contribution in [2.24, 2.45) is 5.92 Å². The van der Waals surface area contributed by atoms with E-state index in [-0.39, 0.29) is 6.29 Å². The maximum Gasteiger partial charge on any atom is 0.196 e. The van der Waals surface area contributed by atoms with Gasteiger partial charge in [0.15, 0.2) is 6.29 Å². The molecular weight excluding hydrogens is 226 g/mol. The molecule has 0 spiro atoms. The molecule has 0 aliphatic heterocycles. The van der Waals surface area contributed by atoms with Gasteiger partial charge in [0.25, 0.3) is 0 Å². The highest BCUT2D eigenvalue weighted by molar-refractivity contribution is 5.48. The van der Waals surface area contributed by atoms with Crippen molar-refractivity contribution in [1.29, 1.82) is 0 Å². The van der Waals surface area contributed by atoms with Crippen LogP contribution in [0.1, 0.15) is 27.7 Å². The third-order valence-electron chi connectivity index (χ3n) is 2.72. The van der Waals surface area contributed by atoms with E-state index in [1.807, 2.05) is 19.1 Å². The molecular formula is C15H25NO2. The number of nitrogens with zero attached hydrogens (tertiary/aromatic N) is 1. The van der Waals surface area contributed by atoms with Crippen molar-refractivity contribution in [2.75, 3.05) is 25.1 Å². The van der Waals surface area contributed by atoms with Crippen molar-refractivity contribution in [3.8, 4) is 5.75 Å². The van der Waals surface area contributed by atoms with E-state index < -0.39 is 0 Å². The predicted molar refractivity (Wildman–Crippen MR) is 76.3 cm³/mol. The van der Waals surface area contributed by atoms with Crippen molar-refractivity contribution in [3.05, 3.63) is 24.3 Å². The second kappa shape index (κ2) is 7.27. The number of rotatable bonds is 7. The first-order valence-corrected chi connectivity index (χ1v) is 6.62. The molecule has 0 saturated heterocycles. The monoisotopic (exact) mass is 251 g/mol. The minimum atomic E-state index is -0.206. The van der Waals surface area contributed by atoms with Crippen LogP contribution in [0.15, 0.2) is 24.3 Å². The van der Waals surface area contributed by atoms with E-state index in [0.29, 0.717) is 5.92 Å². The fourth-order valence-electron chi connectivity index (χ4n) is 1.52. The van der Waals surface area contributed by atoms with E-state index in [0.717, 1.165) is 18.9 Å². The largest absolute Gasteiger partial charge is 0.465 e. The number of ether oxygens (including phenoxy) is 2. The van der Waals surface area contributed by atoms with E-state index in [1.54, 1.807) is 0 Å². The Kier molecular flexibility index (Phi) is 5.99. The number of hydrogen-bond acceptors (Lipinski definition) is 3. The molecule has 0 N–H and O–H groups in total. The Morgan fingerprint density at radius 1 is 1.11 bits per heavy atom. The number of benzene rings is 1. The van der Waals surface area contributed by atoms with E-state index in [2.05, 4.69) is 44.9 Å². The van der Waals surface area contributed by atoms with Crippen LogP contribution in [0.3, 0.4) is 0 Å². The van der Waals surface area contributed by atoms with Crippen LogP contribution in [0.2, 0.25) is 0 Å². The molecule has 0 radical (unpaired) electrons. The summed E-state index contributed by atoms with van der Waals surface area (Å²) >= 11 is 0. The quantitative estimate of drug-likeness (QED) is 0.692. The molecule has 102 valence electrons. The van der Waals surface area contributed by atoms with Crippen molar-refractivity contribution in [1.82, 2.24) is 0 Å². The average Bonchev–Trinajstić information content (AvgIpc) is 2.36. The van der Waals surface area contributed by atoms with Crippen LogP contribution in [-0.2, 0) is 4.74 Å². The Balaban J connectivity index is 2.48. The fourth-order valence-corrected chi connectivity index (χ4v) is 1.52. The Labute approximate surface area is 111 Å². The molecule has 0 aliphatic rings. The summed E-state index contributed by atoms with van der Waals surface area (Å²) in [5.41, 5.74) is 1.20. The van der Waals surface area contributed by atoms with E-state index in [9.17, 15) is 0 Å². The first-order valence-electron chi connectivity index (χ1n) is 6.62. The molecule has 1 aromatic rings. The van der Waals surface area contributed by atoms with Gasteiger partial charge in [-0.15, -0.1) is 0 Å². The van der Waals surface area contributed by atoms with Gasteiger partial charge >= 0.3 is 0 Å². The standard InChI is InChI=1S/C15H25NO2/c1-6-16(5)14-7-9-15(10-8-14)18-13(4)17-11-12(2)3/h7-10,12-13H,6,11H2,1-5H3. The van der Waals surface area contributed by atoms with Gasteiger partial charge in [-0.05, 0) is 44.0 Å². The second-order valence-electron chi connectivity index (χ2n) is 4.92. The summed E-state index contributed by atoms with van der Waals surface area (Å²) in [6.07, 6.45) is -0.206. The minimum absolute atomic E-state index is 0.206. The van der Waals surface area contributed by atoms with Crippen molar-refractivity contribution in [3.63, 3.8) is 0 Å². The Morgan fingerprint density at radius 3 is 2.22 bits per heavy atom. The molecule has 1 unspecified atom stereocenters. The molecule has 1 atom stereocenters. The molecule has 1 aromatic carbocycles. The maximum absolute atomic E-state index is 5.69. The third-order valence-corrected chi connectivity index (χ3v) is 2.72.